The van der Waals surface area contributed by atoms with Crippen LogP contribution in [0.15, 0.2) is 23.1 Å². The van der Waals surface area contributed by atoms with Gasteiger partial charge in [0.05, 0.1) is 12.7 Å². The fourth-order valence-electron chi connectivity index (χ4n) is 1.06. The molecule has 0 heterocycles. The van der Waals surface area contributed by atoms with Crippen LogP contribution < -0.4 is 5.73 Å². The summed E-state index contributed by atoms with van der Waals surface area (Å²) in [5.74, 6) is -1.22. The Morgan fingerprint density at radius 3 is 2.18 bits per heavy atom. The van der Waals surface area contributed by atoms with E-state index in [0.717, 1.165) is 7.11 Å². The molecule has 0 bridgehead atoms. The highest BCUT2D eigenvalue weighted by molar-refractivity contribution is 8.45. The molecule has 0 fully saturated rings. The molecule has 0 aliphatic rings. The van der Waals surface area contributed by atoms with Crippen LogP contribution >= 0.6 is 10.2 Å². The third-order valence-electron chi connectivity index (χ3n) is 1.88. The molecule has 3 nitrogen and oxygen atoms in total. The van der Waals surface area contributed by atoms with Crippen molar-refractivity contribution in [1.82, 2.24) is 0 Å². The lowest BCUT2D eigenvalue weighted by molar-refractivity contribution is 0.0601. The molecule has 0 atom stereocenters. The zero-order valence-electron chi connectivity index (χ0n) is 8.42. The van der Waals surface area contributed by atoms with Gasteiger partial charge in [-0.25, -0.2) is 4.79 Å². The molecule has 0 aliphatic heterocycles. The van der Waals surface area contributed by atoms with Crippen LogP contribution in [0.25, 0.3) is 0 Å². The molecule has 17 heavy (non-hydrogen) atoms. The molecule has 0 spiro atoms. The molecule has 1 aromatic carbocycles. The molecule has 0 saturated carbocycles. The first-order valence-electron chi connectivity index (χ1n) is 4.07. The summed E-state index contributed by atoms with van der Waals surface area (Å²) in [6.45, 7) is 0. The van der Waals surface area contributed by atoms with Gasteiger partial charge in [-0.05, 0) is 18.2 Å². The van der Waals surface area contributed by atoms with Gasteiger partial charge in [-0.3, -0.25) is 0 Å². The first kappa shape index (κ1) is 13.6. The van der Waals surface area contributed by atoms with E-state index in [1.54, 1.807) is 0 Å². The number of methoxy groups -OCH3 is 1. The maximum absolute atomic E-state index is 12.4. The number of nitrogen functional groups attached to an aromatic ring is 1. The topological polar surface area (TPSA) is 52.3 Å². The van der Waals surface area contributed by atoms with Crippen molar-refractivity contribution in [2.45, 2.75) is 4.90 Å². The van der Waals surface area contributed by atoms with Gasteiger partial charge < -0.3 is 10.5 Å². The van der Waals surface area contributed by atoms with E-state index in [1.807, 2.05) is 0 Å². The number of rotatable bonds is 2. The number of benzene rings is 1. The van der Waals surface area contributed by atoms with Crippen molar-refractivity contribution in [1.29, 1.82) is 0 Å². The van der Waals surface area contributed by atoms with Crippen molar-refractivity contribution in [3.63, 3.8) is 0 Å². The van der Waals surface area contributed by atoms with Gasteiger partial charge in [0.2, 0.25) is 0 Å². The van der Waals surface area contributed by atoms with Crippen molar-refractivity contribution in [2.75, 3.05) is 12.8 Å². The SMILES string of the molecule is COC(=O)c1cc(S(F)(F)(F)(F)F)ccc1N. The smallest absolute Gasteiger partial charge is 0.340 e. The molecular formula is C8H8F5NO2S. The average molecular weight is 277 g/mol. The Morgan fingerprint density at radius 2 is 1.76 bits per heavy atom. The average Bonchev–Trinajstić information content (AvgIpc) is 2.13. The van der Waals surface area contributed by atoms with Gasteiger partial charge in [-0.1, -0.05) is 19.4 Å². The highest BCUT2D eigenvalue weighted by Gasteiger charge is 2.65. The number of ether oxygens (including phenoxy) is 1. The van der Waals surface area contributed by atoms with E-state index in [2.05, 4.69) is 4.74 Å². The van der Waals surface area contributed by atoms with E-state index in [4.69, 9.17) is 5.73 Å². The van der Waals surface area contributed by atoms with Crippen LogP contribution in [0.1, 0.15) is 10.4 Å². The highest BCUT2D eigenvalue weighted by atomic mass is 32.5. The van der Waals surface area contributed by atoms with Crippen LogP contribution in [0.4, 0.5) is 25.1 Å². The van der Waals surface area contributed by atoms with Crippen molar-refractivity contribution in [2.24, 2.45) is 0 Å². The number of nitrogens with two attached hydrogens (primary N) is 1. The summed E-state index contributed by atoms with van der Waals surface area (Å²) in [5, 5.41) is 0. The normalized spacial score (nSPS) is 15.9. The van der Waals surface area contributed by atoms with Crippen LogP contribution in [0.2, 0.25) is 0 Å². The lowest BCUT2D eigenvalue weighted by atomic mass is 10.2. The third kappa shape index (κ3) is 2.99. The minimum Gasteiger partial charge on any atom is -0.465 e. The van der Waals surface area contributed by atoms with Gasteiger partial charge in [0.15, 0.2) is 0 Å². The van der Waals surface area contributed by atoms with E-state index in [1.165, 1.54) is 0 Å². The maximum atomic E-state index is 12.4. The van der Waals surface area contributed by atoms with Gasteiger partial charge in [-0.15, -0.1) is 0 Å². The van der Waals surface area contributed by atoms with Crippen LogP contribution in [0, 0.1) is 0 Å². The summed E-state index contributed by atoms with van der Waals surface area (Å²) in [5.41, 5.74) is 4.07. The molecule has 0 aliphatic carbocycles. The van der Waals surface area contributed by atoms with Gasteiger partial charge in [0, 0.05) is 5.69 Å². The molecular weight excluding hydrogens is 269 g/mol. The molecule has 1 aromatic rings. The molecule has 2 N–H and O–H groups in total. The monoisotopic (exact) mass is 277 g/mol. The van der Waals surface area contributed by atoms with Crippen molar-refractivity contribution in [3.05, 3.63) is 23.8 Å². The molecule has 0 unspecified atom stereocenters. The number of esters is 1. The second kappa shape index (κ2) is 3.03. The number of hydrogen-bond donors (Lipinski definition) is 1. The highest BCUT2D eigenvalue weighted by Crippen LogP contribution is 3.02. The van der Waals surface area contributed by atoms with E-state index >= 15 is 0 Å². The number of anilines is 1. The molecule has 0 saturated heterocycles. The first-order chi connectivity index (χ1) is 7.35. The third-order valence-corrected chi connectivity index (χ3v) is 3.02. The fourth-order valence-corrected chi connectivity index (χ4v) is 1.73. The second-order valence-electron chi connectivity index (χ2n) is 3.21. The summed E-state index contributed by atoms with van der Waals surface area (Å²) < 4.78 is 66.3. The fraction of sp³-hybridized carbons (Fsp3) is 0.125. The largest absolute Gasteiger partial charge is 0.465 e. The van der Waals surface area contributed by atoms with Crippen molar-refractivity contribution < 1.29 is 29.0 Å². The lowest BCUT2D eigenvalue weighted by Crippen LogP contribution is -2.11. The minimum absolute atomic E-state index is 0.0112. The summed E-state index contributed by atoms with van der Waals surface area (Å²) in [6, 6.07) is 0.700. The van der Waals surface area contributed by atoms with Gasteiger partial charge in [0.25, 0.3) is 0 Å². The standard InChI is InChI=1S/C8H8F5NO2S/c1-16-8(15)6-4-5(2-3-7(6)14)17(9,10,11,12)13/h2-4H,14H2,1H3. The summed E-state index contributed by atoms with van der Waals surface area (Å²) in [7, 11) is -8.92. The van der Waals surface area contributed by atoms with Crippen LogP contribution in [-0.4, -0.2) is 13.1 Å². The molecule has 0 radical (unpaired) electrons. The van der Waals surface area contributed by atoms with E-state index < -0.39 is 26.7 Å². The van der Waals surface area contributed by atoms with Crippen LogP contribution in [0.5, 0.6) is 0 Å². The van der Waals surface area contributed by atoms with E-state index in [-0.39, 0.29) is 17.8 Å². The Hall–Kier alpha value is -1.51. The number of halogens is 5. The van der Waals surface area contributed by atoms with Gasteiger partial charge in [0.1, 0.15) is 4.90 Å². The molecule has 9 heteroatoms. The van der Waals surface area contributed by atoms with E-state index in [9.17, 15) is 24.2 Å². The summed E-state index contributed by atoms with van der Waals surface area (Å²) in [4.78, 5) is 8.84. The minimum atomic E-state index is -9.81. The quantitative estimate of drug-likeness (QED) is 0.509. The Balaban J connectivity index is 3.49. The maximum Gasteiger partial charge on any atom is 0.340 e. The number of carbonyl (C=O) groups excluding carboxylic acids is 1. The van der Waals surface area contributed by atoms with Crippen LogP contribution in [0.3, 0.4) is 0 Å². The Labute approximate surface area is 93.1 Å². The van der Waals surface area contributed by atoms with Gasteiger partial charge in [-0.2, -0.15) is 0 Å². The Kier molecular flexibility index (Phi) is 2.42. The molecule has 0 amide bonds. The first-order valence-corrected chi connectivity index (χ1v) is 6.02. The van der Waals surface area contributed by atoms with Crippen LogP contribution in [-0.2, 0) is 4.74 Å². The lowest BCUT2D eigenvalue weighted by Gasteiger charge is -2.40. The predicted molar refractivity (Wildman–Crippen MR) is 53.6 cm³/mol. The van der Waals surface area contributed by atoms with E-state index in [0.29, 0.717) is 6.07 Å². The number of hydrogen-bond acceptors (Lipinski definition) is 3. The molecule has 98 valence electrons. The molecule has 1 rings (SSSR count). The second-order valence-corrected chi connectivity index (χ2v) is 5.62. The predicted octanol–water partition coefficient (Wildman–Crippen LogP) is 3.71. The Morgan fingerprint density at radius 1 is 1.24 bits per heavy atom. The summed E-state index contributed by atoms with van der Waals surface area (Å²) in [6.07, 6.45) is 0. The summed E-state index contributed by atoms with van der Waals surface area (Å²) >= 11 is 0. The number of carbonyl (C=O) groups is 1. The van der Waals surface area contributed by atoms with Gasteiger partial charge >= 0.3 is 16.2 Å². The molecule has 0 aromatic heterocycles. The Bertz CT molecular complexity index is 484. The zero-order valence-corrected chi connectivity index (χ0v) is 9.24. The zero-order chi connectivity index (χ0) is 13.5. The van der Waals surface area contributed by atoms with Crippen molar-refractivity contribution >= 4 is 21.9 Å². The van der Waals surface area contributed by atoms with Crippen molar-refractivity contribution in [3.8, 4) is 0 Å².